The molecule has 1 aliphatic carbocycles. The summed E-state index contributed by atoms with van der Waals surface area (Å²) >= 11 is 0. The highest BCUT2D eigenvalue weighted by Crippen LogP contribution is 2.25. The predicted molar refractivity (Wildman–Crippen MR) is 88.8 cm³/mol. The Hall–Kier alpha value is -1.55. The van der Waals surface area contributed by atoms with Crippen molar-refractivity contribution >= 4 is 6.03 Å². The average Bonchev–Trinajstić information content (AvgIpc) is 3.00. The molecule has 22 heavy (non-hydrogen) atoms. The fourth-order valence-electron chi connectivity index (χ4n) is 3.43. The zero-order valence-corrected chi connectivity index (χ0v) is 13.5. The van der Waals surface area contributed by atoms with Crippen molar-refractivity contribution in [3.63, 3.8) is 0 Å². The van der Waals surface area contributed by atoms with Gasteiger partial charge in [-0.3, -0.25) is 4.90 Å². The monoisotopic (exact) mass is 301 g/mol. The highest BCUT2D eigenvalue weighted by Gasteiger charge is 2.27. The second kappa shape index (κ2) is 7.14. The lowest BCUT2D eigenvalue weighted by molar-refractivity contribution is 0.153. The molecule has 4 heteroatoms. The van der Waals surface area contributed by atoms with Crippen LogP contribution in [0.1, 0.15) is 43.7 Å². The Morgan fingerprint density at radius 1 is 1.23 bits per heavy atom. The van der Waals surface area contributed by atoms with Crippen molar-refractivity contribution in [2.75, 3.05) is 26.7 Å². The smallest absolute Gasteiger partial charge is 0.317 e. The Morgan fingerprint density at radius 2 is 1.91 bits per heavy atom. The van der Waals surface area contributed by atoms with Crippen LogP contribution in [0.15, 0.2) is 30.3 Å². The Labute approximate surface area is 133 Å². The van der Waals surface area contributed by atoms with Crippen LogP contribution < -0.4 is 5.32 Å². The Morgan fingerprint density at radius 3 is 2.50 bits per heavy atom. The van der Waals surface area contributed by atoms with Gasteiger partial charge in [0.05, 0.1) is 6.04 Å². The molecule has 1 atom stereocenters. The van der Waals surface area contributed by atoms with Gasteiger partial charge in [0.1, 0.15) is 0 Å². The van der Waals surface area contributed by atoms with Gasteiger partial charge in [-0.15, -0.1) is 0 Å². The summed E-state index contributed by atoms with van der Waals surface area (Å²) in [7, 11) is 1.92. The molecular weight excluding hydrogens is 274 g/mol. The number of hydrogen-bond donors (Lipinski definition) is 1. The fourth-order valence-corrected chi connectivity index (χ4v) is 3.43. The first-order chi connectivity index (χ1) is 10.8. The molecule has 0 unspecified atom stereocenters. The normalized spacial score (nSPS) is 20.4. The summed E-state index contributed by atoms with van der Waals surface area (Å²) in [6.45, 7) is 2.96. The summed E-state index contributed by atoms with van der Waals surface area (Å²) in [5.74, 6) is 0. The van der Waals surface area contributed by atoms with E-state index in [4.69, 9.17) is 0 Å². The van der Waals surface area contributed by atoms with Crippen molar-refractivity contribution in [3.05, 3.63) is 35.9 Å². The van der Waals surface area contributed by atoms with E-state index in [0.29, 0.717) is 18.6 Å². The number of urea groups is 1. The molecule has 120 valence electrons. The molecule has 2 amide bonds. The lowest BCUT2D eigenvalue weighted by Gasteiger charge is -2.35. The largest absolute Gasteiger partial charge is 0.336 e. The third-order valence-corrected chi connectivity index (χ3v) is 5.16. The minimum Gasteiger partial charge on any atom is -0.336 e. The summed E-state index contributed by atoms with van der Waals surface area (Å²) in [4.78, 5) is 16.7. The molecule has 0 aromatic heterocycles. The fraction of sp³-hybridized carbons (Fsp3) is 0.611. The Bertz CT molecular complexity index is 480. The average molecular weight is 301 g/mol. The van der Waals surface area contributed by atoms with Gasteiger partial charge in [-0.25, -0.2) is 4.79 Å². The number of benzene rings is 1. The Balaban J connectivity index is 1.61. The zero-order valence-electron chi connectivity index (χ0n) is 13.5. The molecule has 1 saturated carbocycles. The second-order valence-electron chi connectivity index (χ2n) is 6.55. The van der Waals surface area contributed by atoms with E-state index in [2.05, 4.69) is 34.5 Å². The first-order valence-electron chi connectivity index (χ1n) is 8.55. The van der Waals surface area contributed by atoms with E-state index in [9.17, 15) is 4.79 Å². The van der Waals surface area contributed by atoms with Crippen LogP contribution in [0.3, 0.4) is 0 Å². The standard InChI is InChI=1S/C18H27N3O/c1-20(16-10-7-11-16)18(22)19-14-17(21-12-5-6-13-21)15-8-3-2-4-9-15/h2-4,8-9,16-17H,5-7,10-14H2,1H3,(H,19,22)/t17-/m0/s1. The van der Waals surface area contributed by atoms with Gasteiger partial charge in [0.25, 0.3) is 0 Å². The lowest BCUT2D eigenvalue weighted by atomic mass is 9.92. The van der Waals surface area contributed by atoms with Crippen LogP contribution in [0, 0.1) is 0 Å². The molecule has 0 spiro atoms. The maximum absolute atomic E-state index is 12.3. The van der Waals surface area contributed by atoms with Gasteiger partial charge in [0, 0.05) is 19.6 Å². The number of nitrogens with one attached hydrogen (secondary N) is 1. The van der Waals surface area contributed by atoms with Crippen molar-refractivity contribution < 1.29 is 4.79 Å². The van der Waals surface area contributed by atoms with E-state index >= 15 is 0 Å². The minimum absolute atomic E-state index is 0.0739. The number of carbonyl (C=O) groups is 1. The zero-order chi connectivity index (χ0) is 15.4. The van der Waals surface area contributed by atoms with Crippen LogP contribution in [-0.4, -0.2) is 48.6 Å². The SMILES string of the molecule is CN(C(=O)NC[C@@H](c1ccccc1)N1CCCC1)C1CCC1. The molecule has 0 radical (unpaired) electrons. The van der Waals surface area contributed by atoms with E-state index in [0.717, 1.165) is 25.9 Å². The molecule has 3 rings (SSSR count). The topological polar surface area (TPSA) is 35.6 Å². The number of nitrogens with zero attached hydrogens (tertiary/aromatic N) is 2. The molecule has 1 aromatic carbocycles. The minimum atomic E-state index is 0.0739. The van der Waals surface area contributed by atoms with Crippen LogP contribution in [0.5, 0.6) is 0 Å². The molecule has 1 aromatic rings. The van der Waals surface area contributed by atoms with E-state index in [1.54, 1.807) is 0 Å². The number of amides is 2. The molecule has 2 aliphatic rings. The van der Waals surface area contributed by atoms with Crippen molar-refractivity contribution in [1.29, 1.82) is 0 Å². The molecular formula is C18H27N3O. The van der Waals surface area contributed by atoms with Crippen LogP contribution >= 0.6 is 0 Å². The third kappa shape index (κ3) is 3.43. The maximum Gasteiger partial charge on any atom is 0.317 e. The van der Waals surface area contributed by atoms with Crippen LogP contribution in [-0.2, 0) is 0 Å². The van der Waals surface area contributed by atoms with E-state index in [1.807, 2.05) is 18.0 Å². The van der Waals surface area contributed by atoms with Crippen LogP contribution in [0.25, 0.3) is 0 Å². The van der Waals surface area contributed by atoms with Crippen molar-refractivity contribution in [2.24, 2.45) is 0 Å². The predicted octanol–water partition coefficient (Wildman–Crippen LogP) is 3.02. The summed E-state index contributed by atoms with van der Waals surface area (Å²) in [5.41, 5.74) is 1.30. The molecule has 4 nitrogen and oxygen atoms in total. The van der Waals surface area contributed by atoms with Gasteiger partial charge in [-0.05, 0) is 50.8 Å². The highest BCUT2D eigenvalue weighted by molar-refractivity contribution is 5.74. The van der Waals surface area contributed by atoms with Crippen molar-refractivity contribution in [2.45, 2.75) is 44.2 Å². The van der Waals surface area contributed by atoms with Crippen molar-refractivity contribution in [3.8, 4) is 0 Å². The number of carbonyl (C=O) groups excluding carboxylic acids is 1. The van der Waals surface area contributed by atoms with Crippen LogP contribution in [0.2, 0.25) is 0 Å². The van der Waals surface area contributed by atoms with Gasteiger partial charge in [0.15, 0.2) is 0 Å². The number of rotatable bonds is 5. The second-order valence-corrected chi connectivity index (χ2v) is 6.55. The molecule has 1 heterocycles. The Kier molecular flexibility index (Phi) is 4.98. The summed E-state index contributed by atoms with van der Waals surface area (Å²) < 4.78 is 0. The van der Waals surface area contributed by atoms with Gasteiger partial charge in [-0.1, -0.05) is 30.3 Å². The molecule has 0 bridgehead atoms. The van der Waals surface area contributed by atoms with E-state index < -0.39 is 0 Å². The maximum atomic E-state index is 12.3. The number of likely N-dealkylation sites (tertiary alicyclic amines) is 1. The molecule has 1 aliphatic heterocycles. The first kappa shape index (κ1) is 15.3. The van der Waals surface area contributed by atoms with Gasteiger partial charge in [0.2, 0.25) is 0 Å². The third-order valence-electron chi connectivity index (χ3n) is 5.16. The van der Waals surface area contributed by atoms with Gasteiger partial charge >= 0.3 is 6.03 Å². The molecule has 1 N–H and O–H groups in total. The summed E-state index contributed by atoms with van der Waals surface area (Å²) in [5, 5.41) is 3.15. The summed E-state index contributed by atoms with van der Waals surface area (Å²) in [6.07, 6.45) is 6.08. The first-order valence-corrected chi connectivity index (χ1v) is 8.55. The summed E-state index contributed by atoms with van der Waals surface area (Å²) in [6, 6.07) is 11.4. The number of hydrogen-bond acceptors (Lipinski definition) is 2. The van der Waals surface area contributed by atoms with Gasteiger partial charge in [-0.2, -0.15) is 0 Å². The lowest BCUT2D eigenvalue weighted by Crippen LogP contribution is -2.48. The quantitative estimate of drug-likeness (QED) is 0.907. The molecule has 2 fully saturated rings. The van der Waals surface area contributed by atoms with E-state index in [1.165, 1.54) is 24.8 Å². The highest BCUT2D eigenvalue weighted by atomic mass is 16.2. The molecule has 1 saturated heterocycles. The van der Waals surface area contributed by atoms with Gasteiger partial charge < -0.3 is 10.2 Å². The van der Waals surface area contributed by atoms with Crippen molar-refractivity contribution in [1.82, 2.24) is 15.1 Å². The van der Waals surface area contributed by atoms with Crippen LogP contribution in [0.4, 0.5) is 4.79 Å². The van der Waals surface area contributed by atoms with E-state index in [-0.39, 0.29) is 6.03 Å².